The number of aryl methyl sites for hydroxylation is 1. The number of nitrogens with one attached hydrogen (secondary N) is 1. The van der Waals surface area contributed by atoms with Gasteiger partial charge >= 0.3 is 0 Å². The van der Waals surface area contributed by atoms with E-state index in [1.165, 1.54) is 0 Å². The molecule has 1 heterocycles. The molecule has 0 atom stereocenters. The summed E-state index contributed by atoms with van der Waals surface area (Å²) in [6.45, 7) is 10.0. The van der Waals surface area contributed by atoms with Gasteiger partial charge in [0.15, 0.2) is 6.61 Å². The number of benzene rings is 1. The summed E-state index contributed by atoms with van der Waals surface area (Å²) in [4.78, 5) is 14.3. The molecule has 5 nitrogen and oxygen atoms in total. The SMILES string of the molecule is Cc1cc(OCC(=O)NCC(C)(C)N2CCOCC2)ccc1Cl. The van der Waals surface area contributed by atoms with E-state index in [1.807, 2.05) is 13.0 Å². The first kappa shape index (κ1) is 18.0. The Morgan fingerprint density at radius 2 is 2.09 bits per heavy atom. The fourth-order valence-electron chi connectivity index (χ4n) is 2.50. The van der Waals surface area contributed by atoms with Crippen LogP contribution in [0.1, 0.15) is 19.4 Å². The zero-order chi connectivity index (χ0) is 16.9. The summed E-state index contributed by atoms with van der Waals surface area (Å²) >= 11 is 5.97. The number of rotatable bonds is 6. The molecule has 1 saturated heterocycles. The van der Waals surface area contributed by atoms with Gasteiger partial charge in [-0.3, -0.25) is 9.69 Å². The van der Waals surface area contributed by atoms with Crippen LogP contribution in [0.3, 0.4) is 0 Å². The highest BCUT2D eigenvalue weighted by atomic mass is 35.5. The number of carbonyl (C=O) groups excluding carboxylic acids is 1. The van der Waals surface area contributed by atoms with Crippen molar-refractivity contribution in [3.63, 3.8) is 0 Å². The molecule has 1 N–H and O–H groups in total. The molecule has 0 saturated carbocycles. The molecule has 6 heteroatoms. The molecule has 1 aliphatic heterocycles. The molecule has 1 fully saturated rings. The maximum absolute atomic E-state index is 12.0. The van der Waals surface area contributed by atoms with Crippen LogP contribution in [0.5, 0.6) is 5.75 Å². The van der Waals surface area contributed by atoms with E-state index in [2.05, 4.69) is 24.1 Å². The number of hydrogen-bond acceptors (Lipinski definition) is 4. The number of ether oxygens (including phenoxy) is 2. The van der Waals surface area contributed by atoms with Gasteiger partial charge in [-0.2, -0.15) is 0 Å². The van der Waals surface area contributed by atoms with Gasteiger partial charge in [0, 0.05) is 30.2 Å². The average molecular weight is 341 g/mol. The monoisotopic (exact) mass is 340 g/mol. The van der Waals surface area contributed by atoms with Gasteiger partial charge in [0.25, 0.3) is 5.91 Å². The van der Waals surface area contributed by atoms with Gasteiger partial charge in [-0.25, -0.2) is 0 Å². The smallest absolute Gasteiger partial charge is 0.258 e. The van der Waals surface area contributed by atoms with Crippen molar-refractivity contribution >= 4 is 17.5 Å². The molecular weight excluding hydrogens is 316 g/mol. The van der Waals surface area contributed by atoms with Crippen LogP contribution in [-0.4, -0.2) is 55.8 Å². The second-order valence-corrected chi connectivity index (χ2v) is 6.80. The van der Waals surface area contributed by atoms with E-state index in [1.54, 1.807) is 12.1 Å². The van der Waals surface area contributed by atoms with Crippen molar-refractivity contribution in [3.8, 4) is 5.75 Å². The number of carbonyl (C=O) groups is 1. The zero-order valence-electron chi connectivity index (χ0n) is 14.0. The summed E-state index contributed by atoms with van der Waals surface area (Å²) in [7, 11) is 0. The van der Waals surface area contributed by atoms with E-state index in [4.69, 9.17) is 21.1 Å². The van der Waals surface area contributed by atoms with E-state index in [0.29, 0.717) is 17.3 Å². The van der Waals surface area contributed by atoms with E-state index in [0.717, 1.165) is 31.9 Å². The van der Waals surface area contributed by atoms with Gasteiger partial charge in [-0.15, -0.1) is 0 Å². The standard InChI is InChI=1S/C17H25ClN2O3/c1-13-10-14(4-5-15(13)18)23-11-16(21)19-12-17(2,3)20-6-8-22-9-7-20/h4-5,10H,6-9,11-12H2,1-3H3,(H,19,21). The molecule has 1 aliphatic rings. The lowest BCUT2D eigenvalue weighted by molar-refractivity contribution is -0.123. The predicted octanol–water partition coefficient (Wildman–Crippen LogP) is 2.25. The third-order valence-electron chi connectivity index (χ3n) is 4.08. The minimum atomic E-state index is -0.126. The van der Waals surface area contributed by atoms with Crippen LogP contribution >= 0.6 is 11.6 Å². The number of amides is 1. The molecule has 0 spiro atoms. The van der Waals surface area contributed by atoms with Crippen LogP contribution in [0.4, 0.5) is 0 Å². The lowest BCUT2D eigenvalue weighted by Crippen LogP contribution is -2.55. The Morgan fingerprint density at radius 1 is 1.39 bits per heavy atom. The Hall–Kier alpha value is -1.30. The minimum absolute atomic E-state index is 0.000261. The first-order valence-corrected chi connectivity index (χ1v) is 8.25. The molecule has 1 amide bonds. The van der Waals surface area contributed by atoms with Crippen LogP contribution in [0.15, 0.2) is 18.2 Å². The van der Waals surface area contributed by atoms with E-state index >= 15 is 0 Å². The van der Waals surface area contributed by atoms with E-state index < -0.39 is 0 Å². The second kappa shape index (κ2) is 7.99. The quantitative estimate of drug-likeness (QED) is 0.863. The highest BCUT2D eigenvalue weighted by Crippen LogP contribution is 2.21. The molecule has 128 valence electrons. The van der Waals surface area contributed by atoms with Crippen molar-refractivity contribution in [2.45, 2.75) is 26.3 Å². The summed E-state index contributed by atoms with van der Waals surface area (Å²) in [5, 5.41) is 3.63. The Bertz CT molecular complexity index is 543. The Kier molecular flexibility index (Phi) is 6.27. The van der Waals surface area contributed by atoms with E-state index in [9.17, 15) is 4.79 Å². The molecule has 2 rings (SSSR count). The minimum Gasteiger partial charge on any atom is -0.484 e. The van der Waals surface area contributed by atoms with Crippen LogP contribution < -0.4 is 10.1 Å². The van der Waals surface area contributed by atoms with Gasteiger partial charge in [0.05, 0.1) is 13.2 Å². The third kappa shape index (κ3) is 5.37. The van der Waals surface area contributed by atoms with Crippen LogP contribution in [-0.2, 0) is 9.53 Å². The molecule has 1 aromatic rings. The highest BCUT2D eigenvalue weighted by Gasteiger charge is 2.28. The summed E-state index contributed by atoms with van der Waals surface area (Å²) in [5.74, 6) is 0.522. The summed E-state index contributed by atoms with van der Waals surface area (Å²) in [6, 6.07) is 5.36. The maximum atomic E-state index is 12.0. The van der Waals surface area contributed by atoms with Gasteiger partial charge in [0.1, 0.15) is 5.75 Å². The van der Waals surface area contributed by atoms with Gasteiger partial charge in [0.2, 0.25) is 0 Å². The molecule has 0 unspecified atom stereocenters. The summed E-state index contributed by atoms with van der Waals surface area (Å²) < 4.78 is 10.9. The first-order valence-electron chi connectivity index (χ1n) is 7.87. The fourth-order valence-corrected chi connectivity index (χ4v) is 2.62. The van der Waals surface area contributed by atoms with Crippen LogP contribution in [0.25, 0.3) is 0 Å². The average Bonchev–Trinajstić information content (AvgIpc) is 2.55. The van der Waals surface area contributed by atoms with Crippen molar-refractivity contribution in [3.05, 3.63) is 28.8 Å². The van der Waals surface area contributed by atoms with Crippen molar-refractivity contribution in [2.75, 3.05) is 39.5 Å². The number of hydrogen-bond donors (Lipinski definition) is 1. The maximum Gasteiger partial charge on any atom is 0.258 e. The highest BCUT2D eigenvalue weighted by molar-refractivity contribution is 6.31. The number of morpholine rings is 1. The number of nitrogens with zero attached hydrogens (tertiary/aromatic N) is 1. The van der Waals surface area contributed by atoms with Gasteiger partial charge in [-0.1, -0.05) is 11.6 Å². The second-order valence-electron chi connectivity index (χ2n) is 6.39. The van der Waals surface area contributed by atoms with E-state index in [-0.39, 0.29) is 18.1 Å². The van der Waals surface area contributed by atoms with Crippen LogP contribution in [0.2, 0.25) is 5.02 Å². The molecule has 0 bridgehead atoms. The van der Waals surface area contributed by atoms with Crippen LogP contribution in [0, 0.1) is 6.92 Å². The lowest BCUT2D eigenvalue weighted by Gasteiger charge is -2.40. The Labute approximate surface area is 142 Å². The van der Waals surface area contributed by atoms with Gasteiger partial charge in [-0.05, 0) is 44.5 Å². The normalized spacial score (nSPS) is 16.2. The summed E-state index contributed by atoms with van der Waals surface area (Å²) in [5.41, 5.74) is 0.828. The van der Waals surface area contributed by atoms with Crippen molar-refractivity contribution in [2.24, 2.45) is 0 Å². The molecule has 0 aromatic heterocycles. The first-order chi connectivity index (χ1) is 10.9. The van der Waals surface area contributed by atoms with Crippen molar-refractivity contribution in [1.82, 2.24) is 10.2 Å². The van der Waals surface area contributed by atoms with Gasteiger partial charge < -0.3 is 14.8 Å². The topological polar surface area (TPSA) is 50.8 Å². The lowest BCUT2D eigenvalue weighted by atomic mass is 10.0. The Balaban J connectivity index is 1.76. The summed E-state index contributed by atoms with van der Waals surface area (Å²) in [6.07, 6.45) is 0. The largest absolute Gasteiger partial charge is 0.484 e. The predicted molar refractivity (Wildman–Crippen MR) is 91.2 cm³/mol. The molecule has 23 heavy (non-hydrogen) atoms. The number of halogens is 1. The fraction of sp³-hybridized carbons (Fsp3) is 0.588. The van der Waals surface area contributed by atoms with Crippen molar-refractivity contribution in [1.29, 1.82) is 0 Å². The molecule has 0 radical (unpaired) electrons. The Morgan fingerprint density at radius 3 is 2.74 bits per heavy atom. The molecule has 0 aliphatic carbocycles. The molecular formula is C17H25ClN2O3. The van der Waals surface area contributed by atoms with Crippen molar-refractivity contribution < 1.29 is 14.3 Å². The molecule has 1 aromatic carbocycles. The third-order valence-corrected chi connectivity index (χ3v) is 4.51. The zero-order valence-corrected chi connectivity index (χ0v) is 14.8.